The minimum absolute atomic E-state index is 0.428. The molecule has 1 aliphatic heterocycles. The lowest BCUT2D eigenvalue weighted by molar-refractivity contribution is 0.0198. The average molecular weight is 305 g/mol. The number of likely N-dealkylation sites (tertiary alicyclic amines) is 1. The number of nitrogens with zero attached hydrogens (tertiary/aromatic N) is 1. The first-order valence-electron chi connectivity index (χ1n) is 9.26. The molecule has 23 heavy (non-hydrogen) atoms. The summed E-state index contributed by atoms with van der Waals surface area (Å²) in [5.41, 5.74) is 2.86. The quantitative estimate of drug-likeness (QED) is 0.742. The Morgan fingerprint density at radius 1 is 0.652 bits per heavy atom. The van der Waals surface area contributed by atoms with Crippen LogP contribution in [0.3, 0.4) is 0 Å². The predicted molar refractivity (Wildman–Crippen MR) is 96.4 cm³/mol. The SMILES string of the molecule is c1ccc(C(c2ccccc2)N2CC(C3CCCCC3)C2)cc1. The Labute approximate surface area is 140 Å². The zero-order valence-electron chi connectivity index (χ0n) is 13.9. The Morgan fingerprint density at radius 3 is 1.70 bits per heavy atom. The van der Waals surface area contributed by atoms with Crippen molar-refractivity contribution in [1.29, 1.82) is 0 Å². The molecule has 1 nitrogen and oxygen atoms in total. The van der Waals surface area contributed by atoms with Gasteiger partial charge in [-0.1, -0.05) is 92.8 Å². The van der Waals surface area contributed by atoms with E-state index in [0.29, 0.717) is 6.04 Å². The van der Waals surface area contributed by atoms with Gasteiger partial charge in [0.25, 0.3) is 0 Å². The summed E-state index contributed by atoms with van der Waals surface area (Å²) in [5, 5.41) is 0. The Kier molecular flexibility index (Phi) is 4.48. The van der Waals surface area contributed by atoms with E-state index in [1.165, 1.54) is 56.3 Å². The van der Waals surface area contributed by atoms with Crippen molar-refractivity contribution in [3.8, 4) is 0 Å². The van der Waals surface area contributed by atoms with Crippen molar-refractivity contribution in [1.82, 2.24) is 4.90 Å². The van der Waals surface area contributed by atoms with Gasteiger partial charge in [-0.3, -0.25) is 4.90 Å². The summed E-state index contributed by atoms with van der Waals surface area (Å²) in [5.74, 6) is 1.93. The van der Waals surface area contributed by atoms with Crippen LogP contribution in [-0.4, -0.2) is 18.0 Å². The third-order valence-corrected chi connectivity index (χ3v) is 5.85. The zero-order valence-corrected chi connectivity index (χ0v) is 13.9. The second kappa shape index (κ2) is 6.88. The number of hydrogen-bond donors (Lipinski definition) is 0. The zero-order chi connectivity index (χ0) is 15.5. The van der Waals surface area contributed by atoms with Gasteiger partial charge in [-0.05, 0) is 23.0 Å². The van der Waals surface area contributed by atoms with E-state index in [0.717, 1.165) is 11.8 Å². The van der Waals surface area contributed by atoms with Gasteiger partial charge in [0.1, 0.15) is 0 Å². The maximum Gasteiger partial charge on any atom is 0.0602 e. The average Bonchev–Trinajstić information content (AvgIpc) is 2.60. The molecule has 1 saturated heterocycles. The van der Waals surface area contributed by atoms with Crippen molar-refractivity contribution < 1.29 is 0 Å². The van der Waals surface area contributed by atoms with E-state index in [1.807, 2.05) is 0 Å². The summed E-state index contributed by atoms with van der Waals surface area (Å²) in [7, 11) is 0. The molecular formula is C22H27N. The lowest BCUT2D eigenvalue weighted by atomic mass is 9.75. The van der Waals surface area contributed by atoms with Crippen molar-refractivity contribution in [3.05, 3.63) is 71.8 Å². The van der Waals surface area contributed by atoms with E-state index in [2.05, 4.69) is 65.6 Å². The first-order chi connectivity index (χ1) is 11.4. The lowest BCUT2D eigenvalue weighted by Crippen LogP contribution is -2.51. The fourth-order valence-electron chi connectivity index (χ4n) is 4.55. The van der Waals surface area contributed by atoms with Crippen LogP contribution >= 0.6 is 0 Å². The molecule has 0 radical (unpaired) electrons. The van der Waals surface area contributed by atoms with Gasteiger partial charge in [-0.2, -0.15) is 0 Å². The molecule has 120 valence electrons. The Bertz CT molecular complexity index is 555. The van der Waals surface area contributed by atoms with Crippen molar-refractivity contribution in [3.63, 3.8) is 0 Å². The molecule has 2 aromatic rings. The molecule has 0 atom stereocenters. The summed E-state index contributed by atoms with van der Waals surface area (Å²) >= 11 is 0. The van der Waals surface area contributed by atoms with Crippen LogP contribution in [0.4, 0.5) is 0 Å². The van der Waals surface area contributed by atoms with Crippen molar-refractivity contribution >= 4 is 0 Å². The lowest BCUT2D eigenvalue weighted by Gasteiger charge is -2.48. The summed E-state index contributed by atoms with van der Waals surface area (Å²) in [6.45, 7) is 2.55. The molecule has 2 aliphatic rings. The minimum Gasteiger partial charge on any atom is -0.292 e. The minimum atomic E-state index is 0.428. The van der Waals surface area contributed by atoms with Gasteiger partial charge in [0.2, 0.25) is 0 Å². The second-order valence-electron chi connectivity index (χ2n) is 7.34. The summed E-state index contributed by atoms with van der Waals surface area (Å²) in [6, 6.07) is 22.5. The molecule has 0 N–H and O–H groups in total. The van der Waals surface area contributed by atoms with Gasteiger partial charge in [0.05, 0.1) is 6.04 Å². The second-order valence-corrected chi connectivity index (χ2v) is 7.34. The van der Waals surface area contributed by atoms with Crippen molar-refractivity contribution in [2.45, 2.75) is 38.1 Å². The van der Waals surface area contributed by atoms with Gasteiger partial charge in [0.15, 0.2) is 0 Å². The summed E-state index contributed by atoms with van der Waals surface area (Å²) < 4.78 is 0. The number of rotatable bonds is 4. The molecule has 1 heteroatoms. The van der Waals surface area contributed by atoms with Crippen LogP contribution in [0.15, 0.2) is 60.7 Å². The summed E-state index contributed by atoms with van der Waals surface area (Å²) in [6.07, 6.45) is 7.33. The number of benzene rings is 2. The van der Waals surface area contributed by atoms with Gasteiger partial charge < -0.3 is 0 Å². The molecule has 1 aliphatic carbocycles. The first kappa shape index (κ1) is 15.0. The van der Waals surface area contributed by atoms with E-state index in [1.54, 1.807) is 0 Å². The van der Waals surface area contributed by atoms with E-state index in [9.17, 15) is 0 Å². The summed E-state index contributed by atoms with van der Waals surface area (Å²) in [4.78, 5) is 2.68. The number of hydrogen-bond acceptors (Lipinski definition) is 1. The normalized spacial score (nSPS) is 20.6. The van der Waals surface area contributed by atoms with Gasteiger partial charge in [0, 0.05) is 13.1 Å². The maximum absolute atomic E-state index is 2.68. The predicted octanol–water partition coefficient (Wildman–Crippen LogP) is 5.29. The van der Waals surface area contributed by atoms with E-state index < -0.39 is 0 Å². The largest absolute Gasteiger partial charge is 0.292 e. The van der Waals surface area contributed by atoms with Crippen LogP contribution in [0.2, 0.25) is 0 Å². The van der Waals surface area contributed by atoms with Crippen molar-refractivity contribution in [2.24, 2.45) is 11.8 Å². The van der Waals surface area contributed by atoms with Crippen LogP contribution < -0.4 is 0 Å². The maximum atomic E-state index is 2.68. The third kappa shape index (κ3) is 3.21. The van der Waals surface area contributed by atoms with Gasteiger partial charge in [-0.15, -0.1) is 0 Å². The van der Waals surface area contributed by atoms with Crippen LogP contribution in [0.5, 0.6) is 0 Å². The molecule has 2 fully saturated rings. The van der Waals surface area contributed by atoms with Crippen LogP contribution in [0.25, 0.3) is 0 Å². The highest BCUT2D eigenvalue weighted by Gasteiger charge is 2.38. The Balaban J connectivity index is 1.51. The standard InChI is InChI=1S/C22H27N/c1-4-10-18(11-5-1)21-16-23(17-21)22(19-12-6-2-7-13-19)20-14-8-3-9-15-20/h2-3,6-9,12-15,18,21-22H,1,4-5,10-11,16-17H2. The van der Waals surface area contributed by atoms with Crippen LogP contribution in [-0.2, 0) is 0 Å². The molecule has 4 rings (SSSR count). The highest BCUT2D eigenvalue weighted by molar-refractivity contribution is 5.32. The molecule has 0 aromatic heterocycles. The molecular weight excluding hydrogens is 278 g/mol. The van der Waals surface area contributed by atoms with Gasteiger partial charge in [-0.25, -0.2) is 0 Å². The highest BCUT2D eigenvalue weighted by Crippen LogP contribution is 2.40. The fourth-order valence-corrected chi connectivity index (χ4v) is 4.55. The molecule has 2 aromatic carbocycles. The van der Waals surface area contributed by atoms with E-state index in [-0.39, 0.29) is 0 Å². The van der Waals surface area contributed by atoms with E-state index in [4.69, 9.17) is 0 Å². The topological polar surface area (TPSA) is 3.24 Å². The van der Waals surface area contributed by atoms with Gasteiger partial charge >= 0.3 is 0 Å². The fraction of sp³-hybridized carbons (Fsp3) is 0.455. The van der Waals surface area contributed by atoms with Crippen LogP contribution in [0.1, 0.15) is 49.3 Å². The first-order valence-corrected chi connectivity index (χ1v) is 9.26. The Hall–Kier alpha value is -1.60. The molecule has 1 saturated carbocycles. The van der Waals surface area contributed by atoms with Crippen molar-refractivity contribution in [2.75, 3.05) is 13.1 Å². The molecule has 0 amide bonds. The third-order valence-electron chi connectivity index (χ3n) is 5.85. The molecule has 0 spiro atoms. The molecule has 1 heterocycles. The molecule has 0 bridgehead atoms. The van der Waals surface area contributed by atoms with Crippen LogP contribution in [0, 0.1) is 11.8 Å². The molecule has 0 unspecified atom stereocenters. The van der Waals surface area contributed by atoms with E-state index >= 15 is 0 Å². The highest BCUT2D eigenvalue weighted by atomic mass is 15.2. The Morgan fingerprint density at radius 2 is 1.17 bits per heavy atom. The smallest absolute Gasteiger partial charge is 0.0602 e. The monoisotopic (exact) mass is 305 g/mol.